The lowest BCUT2D eigenvalue weighted by Crippen LogP contribution is -2.40. The Hall–Kier alpha value is -0.540. The van der Waals surface area contributed by atoms with E-state index in [1.807, 2.05) is 24.3 Å². The van der Waals surface area contributed by atoms with E-state index in [0.29, 0.717) is 19.1 Å². The lowest BCUT2D eigenvalue weighted by molar-refractivity contribution is 0.157. The minimum atomic E-state index is 0. The molecule has 1 fully saturated rings. The van der Waals surface area contributed by atoms with Gasteiger partial charge >= 0.3 is 0 Å². The number of guanidine groups is 1. The molecule has 2 rings (SSSR count). The quantitative estimate of drug-likeness (QED) is 0.264. The van der Waals surface area contributed by atoms with Crippen LogP contribution in [0.4, 0.5) is 0 Å². The van der Waals surface area contributed by atoms with Gasteiger partial charge in [-0.1, -0.05) is 15.9 Å². The molecule has 1 heterocycles. The predicted molar refractivity (Wildman–Crippen MR) is 113 cm³/mol. The van der Waals surface area contributed by atoms with E-state index in [1.165, 1.54) is 0 Å². The second-order valence-corrected chi connectivity index (χ2v) is 6.51. The summed E-state index contributed by atoms with van der Waals surface area (Å²) in [6.45, 7) is 7.05. The fraction of sp³-hybridized carbons (Fsp3) is 0.588. The Bertz CT molecular complexity index is 499. The SMILES string of the molecule is CCNC(=NCCOc1ccc(Br)cc1)N1CCC(COC)C1.I. The molecule has 1 unspecified atom stereocenters. The number of ether oxygens (including phenoxy) is 2. The molecule has 136 valence electrons. The number of nitrogens with one attached hydrogen (secondary N) is 1. The zero-order chi connectivity index (χ0) is 16.5. The third-order valence-corrected chi connectivity index (χ3v) is 4.29. The lowest BCUT2D eigenvalue weighted by atomic mass is 10.1. The van der Waals surface area contributed by atoms with Crippen LogP contribution in [0.1, 0.15) is 13.3 Å². The molecule has 0 radical (unpaired) electrons. The highest BCUT2D eigenvalue weighted by atomic mass is 127. The number of halogens is 2. The van der Waals surface area contributed by atoms with E-state index in [9.17, 15) is 0 Å². The summed E-state index contributed by atoms with van der Waals surface area (Å²) < 4.78 is 12.0. The summed E-state index contributed by atoms with van der Waals surface area (Å²) in [6, 6.07) is 7.86. The van der Waals surface area contributed by atoms with Crippen molar-refractivity contribution >= 4 is 45.9 Å². The molecular formula is C17H27BrIN3O2. The first-order chi connectivity index (χ1) is 11.2. The van der Waals surface area contributed by atoms with Gasteiger partial charge in [-0.15, -0.1) is 24.0 Å². The first-order valence-corrected chi connectivity index (χ1v) is 8.92. The van der Waals surface area contributed by atoms with E-state index >= 15 is 0 Å². The zero-order valence-electron chi connectivity index (χ0n) is 14.3. The van der Waals surface area contributed by atoms with E-state index in [1.54, 1.807) is 7.11 Å². The van der Waals surface area contributed by atoms with Crippen LogP contribution in [-0.2, 0) is 4.74 Å². The van der Waals surface area contributed by atoms with Crippen molar-refractivity contribution in [1.82, 2.24) is 10.2 Å². The van der Waals surface area contributed by atoms with Gasteiger partial charge in [-0.3, -0.25) is 0 Å². The number of methoxy groups -OCH3 is 1. The molecule has 0 bridgehead atoms. The van der Waals surface area contributed by atoms with Gasteiger partial charge in [-0.25, -0.2) is 4.99 Å². The Morgan fingerprint density at radius 2 is 2.12 bits per heavy atom. The van der Waals surface area contributed by atoms with Crippen molar-refractivity contribution < 1.29 is 9.47 Å². The smallest absolute Gasteiger partial charge is 0.194 e. The van der Waals surface area contributed by atoms with E-state index in [-0.39, 0.29) is 24.0 Å². The third kappa shape index (κ3) is 7.14. The molecule has 1 saturated heterocycles. The summed E-state index contributed by atoms with van der Waals surface area (Å²) >= 11 is 3.42. The standard InChI is InChI=1S/C17H26BrN3O2.HI/c1-3-19-17(21-10-8-14(12-21)13-22-2)20-9-11-23-16-6-4-15(18)5-7-16;/h4-7,14H,3,8-13H2,1-2H3,(H,19,20);1H. The van der Waals surface area contributed by atoms with Gasteiger partial charge in [-0.2, -0.15) is 0 Å². The lowest BCUT2D eigenvalue weighted by Gasteiger charge is -2.21. The monoisotopic (exact) mass is 511 g/mol. The van der Waals surface area contributed by atoms with Crippen molar-refractivity contribution in [3.63, 3.8) is 0 Å². The largest absolute Gasteiger partial charge is 0.492 e. The minimum Gasteiger partial charge on any atom is -0.492 e. The molecule has 7 heteroatoms. The molecule has 1 aliphatic heterocycles. The van der Waals surface area contributed by atoms with Gasteiger partial charge in [-0.05, 0) is 37.6 Å². The van der Waals surface area contributed by atoms with Crippen LogP contribution >= 0.6 is 39.9 Å². The molecule has 0 spiro atoms. The highest BCUT2D eigenvalue weighted by Gasteiger charge is 2.24. The van der Waals surface area contributed by atoms with Gasteiger partial charge in [0.15, 0.2) is 5.96 Å². The number of hydrogen-bond acceptors (Lipinski definition) is 3. The first-order valence-electron chi connectivity index (χ1n) is 8.13. The average molecular weight is 512 g/mol. The van der Waals surface area contributed by atoms with Crippen LogP contribution < -0.4 is 10.1 Å². The predicted octanol–water partition coefficient (Wildman–Crippen LogP) is 3.38. The second-order valence-electron chi connectivity index (χ2n) is 5.59. The third-order valence-electron chi connectivity index (χ3n) is 3.76. The van der Waals surface area contributed by atoms with Gasteiger partial charge in [0.25, 0.3) is 0 Å². The fourth-order valence-electron chi connectivity index (χ4n) is 2.67. The van der Waals surface area contributed by atoms with Crippen LogP contribution in [0.5, 0.6) is 5.75 Å². The van der Waals surface area contributed by atoms with Gasteiger partial charge in [0.2, 0.25) is 0 Å². The first kappa shape index (κ1) is 21.5. The second kappa shape index (κ2) is 11.9. The van der Waals surface area contributed by atoms with Crippen LogP contribution in [0.2, 0.25) is 0 Å². The Balaban J connectivity index is 0.00000288. The summed E-state index contributed by atoms with van der Waals surface area (Å²) in [7, 11) is 1.77. The Morgan fingerprint density at radius 1 is 1.38 bits per heavy atom. The molecule has 0 saturated carbocycles. The van der Waals surface area contributed by atoms with Crippen LogP contribution in [0.15, 0.2) is 33.7 Å². The van der Waals surface area contributed by atoms with Crippen molar-refractivity contribution in [2.24, 2.45) is 10.9 Å². The van der Waals surface area contributed by atoms with Crippen LogP contribution in [0.25, 0.3) is 0 Å². The Morgan fingerprint density at radius 3 is 2.79 bits per heavy atom. The van der Waals surface area contributed by atoms with Crippen LogP contribution in [0.3, 0.4) is 0 Å². The number of aliphatic imine (C=N–C) groups is 1. The molecule has 1 aromatic carbocycles. The molecule has 5 nitrogen and oxygen atoms in total. The van der Waals surface area contributed by atoms with E-state index < -0.39 is 0 Å². The number of benzene rings is 1. The summed E-state index contributed by atoms with van der Waals surface area (Å²) in [5.41, 5.74) is 0. The normalized spacial score (nSPS) is 17.5. The van der Waals surface area contributed by atoms with Crippen molar-refractivity contribution in [1.29, 1.82) is 0 Å². The summed E-state index contributed by atoms with van der Waals surface area (Å²) in [4.78, 5) is 6.99. The molecular weight excluding hydrogens is 485 g/mol. The number of hydrogen-bond donors (Lipinski definition) is 1. The minimum absolute atomic E-state index is 0. The molecule has 0 aromatic heterocycles. The van der Waals surface area contributed by atoms with E-state index in [2.05, 4.69) is 38.1 Å². The molecule has 0 amide bonds. The van der Waals surface area contributed by atoms with Crippen LogP contribution in [-0.4, -0.2) is 57.4 Å². The molecule has 1 atom stereocenters. The molecule has 1 aliphatic rings. The van der Waals surface area contributed by atoms with E-state index in [4.69, 9.17) is 9.47 Å². The average Bonchev–Trinajstić information content (AvgIpc) is 3.01. The number of rotatable bonds is 7. The zero-order valence-corrected chi connectivity index (χ0v) is 18.2. The van der Waals surface area contributed by atoms with Gasteiger partial charge in [0.05, 0.1) is 13.2 Å². The topological polar surface area (TPSA) is 46.1 Å². The van der Waals surface area contributed by atoms with Gasteiger partial charge in [0.1, 0.15) is 12.4 Å². The Kier molecular flexibility index (Phi) is 10.7. The van der Waals surface area contributed by atoms with Crippen molar-refractivity contribution in [2.75, 3.05) is 46.5 Å². The number of nitrogens with zero attached hydrogens (tertiary/aromatic N) is 2. The fourth-order valence-corrected chi connectivity index (χ4v) is 2.93. The Labute approximate surface area is 170 Å². The highest BCUT2D eigenvalue weighted by Crippen LogP contribution is 2.17. The van der Waals surface area contributed by atoms with Crippen molar-refractivity contribution in [3.8, 4) is 5.75 Å². The van der Waals surface area contributed by atoms with Gasteiger partial charge in [0, 0.05) is 37.1 Å². The van der Waals surface area contributed by atoms with Crippen molar-refractivity contribution in [2.45, 2.75) is 13.3 Å². The maximum atomic E-state index is 5.72. The molecule has 1 N–H and O–H groups in total. The van der Waals surface area contributed by atoms with Crippen LogP contribution in [0, 0.1) is 5.92 Å². The number of likely N-dealkylation sites (tertiary alicyclic amines) is 1. The highest BCUT2D eigenvalue weighted by molar-refractivity contribution is 14.0. The molecule has 0 aliphatic carbocycles. The maximum absolute atomic E-state index is 5.72. The molecule has 1 aromatic rings. The summed E-state index contributed by atoms with van der Waals surface area (Å²) in [6.07, 6.45) is 1.16. The maximum Gasteiger partial charge on any atom is 0.194 e. The molecule has 24 heavy (non-hydrogen) atoms. The van der Waals surface area contributed by atoms with Gasteiger partial charge < -0.3 is 19.7 Å². The summed E-state index contributed by atoms with van der Waals surface area (Å²) in [5, 5.41) is 3.37. The van der Waals surface area contributed by atoms with E-state index in [0.717, 1.165) is 48.8 Å². The van der Waals surface area contributed by atoms with Crippen molar-refractivity contribution in [3.05, 3.63) is 28.7 Å². The summed E-state index contributed by atoms with van der Waals surface area (Å²) in [5.74, 6) is 2.45.